The maximum absolute atomic E-state index is 12.1. The van der Waals surface area contributed by atoms with E-state index in [0.717, 1.165) is 17.5 Å². The molecule has 2 N–H and O–H groups in total. The predicted molar refractivity (Wildman–Crippen MR) is 134 cm³/mol. The molecule has 3 rings (SSSR count). The van der Waals surface area contributed by atoms with E-state index in [1.807, 2.05) is 25.2 Å². The van der Waals surface area contributed by atoms with Gasteiger partial charge in [0, 0.05) is 11.5 Å². The third-order valence-corrected chi connectivity index (χ3v) is 6.47. The Morgan fingerprint density at radius 1 is 1.12 bits per heavy atom. The summed E-state index contributed by atoms with van der Waals surface area (Å²) in [7, 11) is 0. The zero-order valence-electron chi connectivity index (χ0n) is 20.0. The largest absolute Gasteiger partial charge is 0.508 e. The van der Waals surface area contributed by atoms with Gasteiger partial charge in [-0.2, -0.15) is 0 Å². The Morgan fingerprint density at radius 3 is 2.35 bits per heavy atom. The number of carboxylic acids is 1. The van der Waals surface area contributed by atoms with Gasteiger partial charge in [-0.1, -0.05) is 69.3 Å². The minimum atomic E-state index is -1.07. The number of phenolic OH excluding ortho intramolecular Hbond substituents is 1. The van der Waals surface area contributed by atoms with Crippen LogP contribution in [0.2, 0.25) is 0 Å². The molecule has 2 atom stereocenters. The zero-order chi connectivity index (χ0) is 24.7. The van der Waals surface area contributed by atoms with Crippen LogP contribution in [0.5, 0.6) is 5.75 Å². The molecule has 1 saturated heterocycles. The van der Waals surface area contributed by atoms with Crippen molar-refractivity contribution in [3.63, 3.8) is 0 Å². The lowest BCUT2D eigenvalue weighted by Crippen LogP contribution is -2.32. The molecule has 0 aliphatic carbocycles. The number of benzene rings is 2. The van der Waals surface area contributed by atoms with Gasteiger partial charge in [0.2, 0.25) is 0 Å². The molecule has 1 fully saturated rings. The highest BCUT2D eigenvalue weighted by Gasteiger charge is 2.37. The van der Waals surface area contributed by atoms with Gasteiger partial charge < -0.3 is 14.9 Å². The fraction of sp³-hybridized carbons (Fsp3) is 0.310. The summed E-state index contributed by atoms with van der Waals surface area (Å²) < 4.78 is 5.13. The molecule has 2 unspecified atom stereocenters. The highest BCUT2D eigenvalue weighted by molar-refractivity contribution is 5.85. The molecule has 1 heterocycles. The first-order valence-corrected chi connectivity index (χ1v) is 11.6. The minimum absolute atomic E-state index is 0.108. The number of hydrogen-bond donors (Lipinski definition) is 2. The number of hydrogen-bond acceptors (Lipinski definition) is 4. The van der Waals surface area contributed by atoms with Crippen molar-refractivity contribution < 1.29 is 24.5 Å². The molecule has 0 radical (unpaired) electrons. The Kier molecular flexibility index (Phi) is 8.11. The maximum atomic E-state index is 12.1. The second kappa shape index (κ2) is 11.0. The number of carbonyl (C=O) groups excluding carboxylic acids is 1. The average molecular weight is 461 g/mol. The van der Waals surface area contributed by atoms with Gasteiger partial charge in [0.15, 0.2) is 0 Å². The standard InChI is InChI=1S/C29H32O5/c1-4-20(2)23-10-5-21(6-11-23)7-12-24(17-22-8-13-25(30)14-9-22)26(18-27(31)32)29(3)15-16-34-28(33)19-29/h5-14,17-18,20,30H,4,15-16,19H2,1-3H3,(H,31,32). The molecule has 0 amide bonds. The summed E-state index contributed by atoms with van der Waals surface area (Å²) in [5.74, 6) is -0.769. The van der Waals surface area contributed by atoms with E-state index in [9.17, 15) is 19.8 Å². The highest BCUT2D eigenvalue weighted by Crippen LogP contribution is 2.42. The Labute approximate surface area is 201 Å². The number of allylic oxidation sites excluding steroid dienone is 3. The number of carboxylic acid groups (broad SMARTS) is 1. The lowest BCUT2D eigenvalue weighted by Gasteiger charge is -2.35. The van der Waals surface area contributed by atoms with Gasteiger partial charge in [-0.3, -0.25) is 4.79 Å². The molecule has 1 aliphatic heterocycles. The summed E-state index contributed by atoms with van der Waals surface area (Å²) >= 11 is 0. The van der Waals surface area contributed by atoms with Gasteiger partial charge in [0.05, 0.1) is 13.0 Å². The van der Waals surface area contributed by atoms with E-state index in [1.165, 1.54) is 11.6 Å². The number of aliphatic carboxylic acids is 1. The van der Waals surface area contributed by atoms with Crippen LogP contribution in [0.1, 0.15) is 62.6 Å². The van der Waals surface area contributed by atoms with Crippen molar-refractivity contribution in [2.45, 2.75) is 46.0 Å². The lowest BCUT2D eigenvalue weighted by atomic mass is 9.72. The minimum Gasteiger partial charge on any atom is -0.508 e. The van der Waals surface area contributed by atoms with Crippen LogP contribution in [0.3, 0.4) is 0 Å². The average Bonchev–Trinajstić information content (AvgIpc) is 2.81. The number of phenols is 1. The van der Waals surface area contributed by atoms with E-state index >= 15 is 0 Å². The normalized spacial score (nSPS) is 20.3. The molecule has 178 valence electrons. The molecule has 1 aliphatic rings. The Bertz CT molecular complexity index is 1110. The Hall–Kier alpha value is -3.60. The van der Waals surface area contributed by atoms with Gasteiger partial charge >= 0.3 is 11.9 Å². The van der Waals surface area contributed by atoms with Crippen LogP contribution in [-0.2, 0) is 14.3 Å². The fourth-order valence-electron chi connectivity index (χ4n) is 4.13. The number of aromatic hydroxyl groups is 1. The van der Waals surface area contributed by atoms with E-state index in [4.69, 9.17) is 4.74 Å². The Balaban J connectivity index is 2.06. The summed E-state index contributed by atoms with van der Waals surface area (Å²) in [5, 5.41) is 19.3. The second-order valence-corrected chi connectivity index (χ2v) is 9.10. The summed E-state index contributed by atoms with van der Waals surface area (Å²) in [6.07, 6.45) is 8.63. The summed E-state index contributed by atoms with van der Waals surface area (Å²) in [6.45, 7) is 6.51. The quantitative estimate of drug-likeness (QED) is 0.272. The third kappa shape index (κ3) is 6.47. The van der Waals surface area contributed by atoms with Crippen molar-refractivity contribution in [3.05, 3.63) is 88.5 Å². The summed E-state index contributed by atoms with van der Waals surface area (Å²) in [4.78, 5) is 23.9. The molecule has 2 aromatic rings. The number of ether oxygens (including phenoxy) is 1. The number of rotatable bonds is 8. The van der Waals surface area contributed by atoms with E-state index in [-0.39, 0.29) is 24.7 Å². The molecule has 0 aromatic heterocycles. The SMILES string of the molecule is CCC(C)c1ccc(C=CC(=Cc2ccc(O)cc2)C(=CC(=O)O)C2(C)CCOC(=O)C2)cc1. The van der Waals surface area contributed by atoms with Crippen molar-refractivity contribution in [3.8, 4) is 5.75 Å². The van der Waals surface area contributed by atoms with Crippen molar-refractivity contribution >= 4 is 24.1 Å². The number of carbonyl (C=O) groups is 2. The molecule has 2 aromatic carbocycles. The smallest absolute Gasteiger partial charge is 0.328 e. The van der Waals surface area contributed by atoms with Gasteiger partial charge in [0.1, 0.15) is 5.75 Å². The van der Waals surface area contributed by atoms with Crippen LogP contribution < -0.4 is 0 Å². The van der Waals surface area contributed by atoms with E-state index in [2.05, 4.69) is 38.1 Å². The number of cyclic esters (lactones) is 1. The predicted octanol–water partition coefficient (Wildman–Crippen LogP) is 6.36. The van der Waals surface area contributed by atoms with Crippen LogP contribution in [0, 0.1) is 5.41 Å². The van der Waals surface area contributed by atoms with Gasteiger partial charge in [-0.05, 0) is 64.8 Å². The number of esters is 1. The monoisotopic (exact) mass is 460 g/mol. The highest BCUT2D eigenvalue weighted by atomic mass is 16.5. The third-order valence-electron chi connectivity index (χ3n) is 6.47. The first-order chi connectivity index (χ1) is 16.2. The van der Waals surface area contributed by atoms with Crippen LogP contribution >= 0.6 is 0 Å². The summed E-state index contributed by atoms with van der Waals surface area (Å²) in [5.41, 5.74) is 3.66. The van der Waals surface area contributed by atoms with Crippen LogP contribution in [0.15, 0.2) is 71.8 Å². The molecule has 34 heavy (non-hydrogen) atoms. The molecule has 0 spiro atoms. The van der Waals surface area contributed by atoms with Crippen molar-refractivity contribution in [1.29, 1.82) is 0 Å². The molecule has 0 bridgehead atoms. The molecular weight excluding hydrogens is 428 g/mol. The van der Waals surface area contributed by atoms with Crippen molar-refractivity contribution in [2.75, 3.05) is 6.61 Å². The van der Waals surface area contributed by atoms with Crippen LogP contribution in [0.25, 0.3) is 12.2 Å². The van der Waals surface area contributed by atoms with Gasteiger partial charge in [-0.25, -0.2) is 4.79 Å². The van der Waals surface area contributed by atoms with Crippen LogP contribution in [-0.4, -0.2) is 28.8 Å². The van der Waals surface area contributed by atoms with Gasteiger partial charge in [0.25, 0.3) is 0 Å². The molecule has 5 nitrogen and oxygen atoms in total. The van der Waals surface area contributed by atoms with E-state index < -0.39 is 11.4 Å². The molecular formula is C29H32O5. The van der Waals surface area contributed by atoms with Crippen molar-refractivity contribution in [2.24, 2.45) is 5.41 Å². The molecule has 0 saturated carbocycles. The second-order valence-electron chi connectivity index (χ2n) is 9.10. The zero-order valence-corrected chi connectivity index (χ0v) is 20.0. The topological polar surface area (TPSA) is 83.8 Å². The van der Waals surface area contributed by atoms with Crippen molar-refractivity contribution in [1.82, 2.24) is 0 Å². The molecule has 5 heteroatoms. The Morgan fingerprint density at radius 2 is 1.76 bits per heavy atom. The fourth-order valence-corrected chi connectivity index (χ4v) is 4.13. The van der Waals surface area contributed by atoms with Crippen LogP contribution in [0.4, 0.5) is 0 Å². The van der Waals surface area contributed by atoms with E-state index in [0.29, 0.717) is 23.5 Å². The first-order valence-electron chi connectivity index (χ1n) is 11.6. The maximum Gasteiger partial charge on any atom is 0.328 e. The van der Waals surface area contributed by atoms with Gasteiger partial charge in [-0.15, -0.1) is 0 Å². The summed E-state index contributed by atoms with van der Waals surface area (Å²) in [6, 6.07) is 15.0. The lowest BCUT2D eigenvalue weighted by molar-refractivity contribution is -0.151. The van der Waals surface area contributed by atoms with E-state index in [1.54, 1.807) is 24.3 Å². The first kappa shape index (κ1) is 25.0.